The highest BCUT2D eigenvalue weighted by Gasteiger charge is 2.07. The van der Waals surface area contributed by atoms with E-state index in [0.29, 0.717) is 12.4 Å². The van der Waals surface area contributed by atoms with E-state index in [9.17, 15) is 0 Å². The molecule has 0 aliphatic carbocycles. The van der Waals surface area contributed by atoms with Crippen LogP contribution in [0.25, 0.3) is 11.5 Å². The maximum atomic E-state index is 5.61. The lowest BCUT2D eigenvalue weighted by atomic mass is 10.1. The fraction of sp³-hybridized carbons (Fsp3) is 0.304. The number of nitrogens with one attached hydrogen (secondary N) is 2. The Bertz CT molecular complexity index is 938. The fourth-order valence-electron chi connectivity index (χ4n) is 3.01. The number of aliphatic imine (C=N–C) groups is 1. The highest BCUT2D eigenvalue weighted by molar-refractivity contribution is 14.0. The van der Waals surface area contributed by atoms with Gasteiger partial charge in [-0.3, -0.25) is 4.99 Å². The number of nitrogens with zero attached hydrogens (tertiary/aromatic N) is 2. The summed E-state index contributed by atoms with van der Waals surface area (Å²) in [4.78, 5) is 8.85. The van der Waals surface area contributed by atoms with Crippen molar-refractivity contribution in [2.24, 2.45) is 4.99 Å². The Morgan fingerprint density at radius 1 is 1.03 bits per heavy atom. The zero-order valence-corrected chi connectivity index (χ0v) is 20.0. The maximum absolute atomic E-state index is 5.61. The summed E-state index contributed by atoms with van der Waals surface area (Å²) in [5, 5.41) is 6.65. The van der Waals surface area contributed by atoms with Crippen molar-refractivity contribution >= 4 is 29.9 Å². The molecule has 1 heterocycles. The molecule has 160 valence electrons. The molecule has 0 atom stereocenters. The lowest BCUT2D eigenvalue weighted by Gasteiger charge is -2.12. The molecular weight excluding hydrogens is 491 g/mol. The molecule has 1 aromatic heterocycles. The average Bonchev–Trinajstić information content (AvgIpc) is 3.22. The molecule has 0 saturated carbocycles. The van der Waals surface area contributed by atoms with Crippen molar-refractivity contribution in [3.63, 3.8) is 0 Å². The molecule has 0 radical (unpaired) electrons. The molecule has 0 fully saturated rings. The molecule has 0 aliphatic heterocycles. The van der Waals surface area contributed by atoms with Crippen molar-refractivity contribution < 1.29 is 9.15 Å². The summed E-state index contributed by atoms with van der Waals surface area (Å²) in [6.45, 7) is 3.55. The number of para-hydroxylation sites is 1. The summed E-state index contributed by atoms with van der Waals surface area (Å²) < 4.78 is 11.0. The van der Waals surface area contributed by atoms with Crippen LogP contribution < -0.4 is 15.4 Å². The number of aromatic nitrogens is 1. The van der Waals surface area contributed by atoms with E-state index < -0.39 is 0 Å². The van der Waals surface area contributed by atoms with Crippen molar-refractivity contribution in [1.82, 2.24) is 15.6 Å². The molecule has 0 amide bonds. The Hall–Kier alpha value is -2.55. The van der Waals surface area contributed by atoms with Crippen molar-refractivity contribution in [3.05, 3.63) is 71.6 Å². The van der Waals surface area contributed by atoms with Crippen LogP contribution in [0.5, 0.6) is 5.75 Å². The average molecular weight is 520 g/mol. The van der Waals surface area contributed by atoms with E-state index in [1.165, 1.54) is 11.1 Å². The Morgan fingerprint density at radius 2 is 1.73 bits per heavy atom. The highest BCUT2D eigenvalue weighted by Crippen LogP contribution is 2.19. The first-order valence-electron chi connectivity index (χ1n) is 9.77. The summed E-state index contributed by atoms with van der Waals surface area (Å²) in [6.07, 6.45) is 3.32. The van der Waals surface area contributed by atoms with Gasteiger partial charge in [-0.15, -0.1) is 24.0 Å². The Morgan fingerprint density at radius 3 is 2.43 bits per heavy atom. The zero-order valence-electron chi connectivity index (χ0n) is 17.6. The molecule has 6 nitrogen and oxygen atoms in total. The maximum Gasteiger partial charge on any atom is 0.226 e. The van der Waals surface area contributed by atoms with E-state index in [-0.39, 0.29) is 24.0 Å². The van der Waals surface area contributed by atoms with Crippen LogP contribution in [0.2, 0.25) is 0 Å². The highest BCUT2D eigenvalue weighted by atomic mass is 127. The van der Waals surface area contributed by atoms with Crippen molar-refractivity contribution in [3.8, 4) is 17.2 Å². The lowest BCUT2D eigenvalue weighted by molar-refractivity contribution is 0.409. The third-order valence-electron chi connectivity index (χ3n) is 4.63. The topological polar surface area (TPSA) is 71.7 Å². The summed E-state index contributed by atoms with van der Waals surface area (Å²) >= 11 is 0. The third-order valence-corrected chi connectivity index (χ3v) is 4.63. The number of benzene rings is 2. The Kier molecular flexibility index (Phi) is 9.66. The molecule has 0 bridgehead atoms. The monoisotopic (exact) mass is 520 g/mol. The first-order valence-corrected chi connectivity index (χ1v) is 9.77. The van der Waals surface area contributed by atoms with Crippen LogP contribution in [0.15, 0.2) is 64.2 Å². The normalized spacial score (nSPS) is 11.0. The van der Waals surface area contributed by atoms with Gasteiger partial charge in [0.15, 0.2) is 5.96 Å². The van der Waals surface area contributed by atoms with Gasteiger partial charge in [0.1, 0.15) is 12.0 Å². The standard InChI is InChI=1S/C23H28N4O2.HI/c1-17-8-10-19(11-9-17)22-27-20(16-29-22)13-15-26-23(24-2)25-14-12-18-6-4-5-7-21(18)28-3;/h4-11,16H,12-15H2,1-3H3,(H2,24,25,26);1H. The number of rotatable bonds is 8. The number of oxazole rings is 1. The number of hydrogen-bond acceptors (Lipinski definition) is 4. The molecule has 2 N–H and O–H groups in total. The first-order chi connectivity index (χ1) is 14.2. The second-order valence-corrected chi connectivity index (χ2v) is 6.75. The van der Waals surface area contributed by atoms with Gasteiger partial charge in [-0.05, 0) is 37.1 Å². The van der Waals surface area contributed by atoms with Crippen LogP contribution in [0, 0.1) is 6.92 Å². The number of guanidine groups is 1. The van der Waals surface area contributed by atoms with Gasteiger partial charge in [0.25, 0.3) is 0 Å². The Labute approximate surface area is 195 Å². The van der Waals surface area contributed by atoms with Gasteiger partial charge in [-0.25, -0.2) is 4.98 Å². The zero-order chi connectivity index (χ0) is 20.5. The SMILES string of the molecule is CN=C(NCCc1coc(-c2ccc(C)cc2)n1)NCCc1ccccc1OC.I. The molecular formula is C23H29IN4O2. The van der Waals surface area contributed by atoms with Gasteiger partial charge in [0.2, 0.25) is 5.89 Å². The second kappa shape index (κ2) is 12.2. The lowest BCUT2D eigenvalue weighted by Crippen LogP contribution is -2.39. The van der Waals surface area contributed by atoms with Crippen molar-refractivity contribution in [1.29, 1.82) is 0 Å². The molecule has 2 aromatic carbocycles. The third kappa shape index (κ3) is 6.76. The summed E-state index contributed by atoms with van der Waals surface area (Å²) in [5.74, 6) is 2.33. The number of aryl methyl sites for hydroxylation is 1. The van der Waals surface area contributed by atoms with Crippen LogP contribution in [0.3, 0.4) is 0 Å². The minimum atomic E-state index is 0. The van der Waals surface area contributed by atoms with Gasteiger partial charge < -0.3 is 19.8 Å². The van der Waals surface area contributed by atoms with Gasteiger partial charge in [-0.2, -0.15) is 0 Å². The van der Waals surface area contributed by atoms with Crippen LogP contribution >= 0.6 is 24.0 Å². The Balaban J connectivity index is 0.00000320. The second-order valence-electron chi connectivity index (χ2n) is 6.75. The molecule has 0 aliphatic rings. The van der Waals surface area contributed by atoms with E-state index in [1.807, 2.05) is 30.3 Å². The molecule has 7 heteroatoms. The fourth-order valence-corrected chi connectivity index (χ4v) is 3.01. The summed E-state index contributed by atoms with van der Waals surface area (Å²) in [6, 6.07) is 16.2. The van der Waals surface area contributed by atoms with E-state index in [0.717, 1.165) is 42.4 Å². The van der Waals surface area contributed by atoms with E-state index >= 15 is 0 Å². The molecule has 30 heavy (non-hydrogen) atoms. The molecule has 3 rings (SSSR count). The summed E-state index contributed by atoms with van der Waals surface area (Å²) in [5.41, 5.74) is 4.29. The molecule has 3 aromatic rings. The number of methoxy groups -OCH3 is 1. The smallest absolute Gasteiger partial charge is 0.226 e. The van der Waals surface area contributed by atoms with Crippen LogP contribution in [0.4, 0.5) is 0 Å². The van der Waals surface area contributed by atoms with E-state index in [1.54, 1.807) is 20.4 Å². The number of halogens is 1. The number of ether oxygens (including phenoxy) is 1. The minimum absolute atomic E-state index is 0. The molecule has 0 spiro atoms. The van der Waals surface area contributed by atoms with Gasteiger partial charge in [0.05, 0.1) is 12.8 Å². The van der Waals surface area contributed by atoms with Crippen LogP contribution in [-0.2, 0) is 12.8 Å². The van der Waals surface area contributed by atoms with Crippen LogP contribution in [0.1, 0.15) is 16.8 Å². The van der Waals surface area contributed by atoms with E-state index in [2.05, 4.69) is 45.7 Å². The molecule has 0 unspecified atom stereocenters. The quantitative estimate of drug-likeness (QED) is 0.264. The number of hydrogen-bond donors (Lipinski definition) is 2. The summed E-state index contributed by atoms with van der Waals surface area (Å²) in [7, 11) is 3.46. The molecule has 0 saturated heterocycles. The minimum Gasteiger partial charge on any atom is -0.496 e. The largest absolute Gasteiger partial charge is 0.496 e. The van der Waals surface area contributed by atoms with E-state index in [4.69, 9.17) is 9.15 Å². The van der Waals surface area contributed by atoms with Crippen molar-refractivity contribution in [2.45, 2.75) is 19.8 Å². The van der Waals surface area contributed by atoms with Crippen LogP contribution in [-0.4, -0.2) is 38.2 Å². The van der Waals surface area contributed by atoms with Gasteiger partial charge in [-0.1, -0.05) is 35.9 Å². The van der Waals surface area contributed by atoms with Crippen molar-refractivity contribution in [2.75, 3.05) is 27.2 Å². The first kappa shape index (κ1) is 23.7. The predicted molar refractivity (Wildman–Crippen MR) is 132 cm³/mol. The van der Waals surface area contributed by atoms with Gasteiger partial charge in [0, 0.05) is 32.1 Å². The predicted octanol–water partition coefficient (Wildman–Crippen LogP) is 4.23. The van der Waals surface area contributed by atoms with Gasteiger partial charge >= 0.3 is 0 Å².